The van der Waals surface area contributed by atoms with Gasteiger partial charge < -0.3 is 4.74 Å². The lowest BCUT2D eigenvalue weighted by atomic mass is 10.1. The maximum absolute atomic E-state index is 12.1. The van der Waals surface area contributed by atoms with E-state index in [4.69, 9.17) is 4.74 Å². The molecule has 0 aliphatic carbocycles. The molecule has 8 nitrogen and oxygen atoms in total. The number of ether oxygens (including phenoxy) is 1. The minimum atomic E-state index is -0.312. The fraction of sp³-hybridized carbons (Fsp3) is 0.316. The van der Waals surface area contributed by atoms with Crippen LogP contribution in [-0.2, 0) is 11.3 Å². The van der Waals surface area contributed by atoms with Crippen molar-refractivity contribution in [1.29, 1.82) is 0 Å². The van der Waals surface area contributed by atoms with Crippen molar-refractivity contribution in [1.82, 2.24) is 25.0 Å². The fourth-order valence-corrected chi connectivity index (χ4v) is 3.91. The molecule has 0 aliphatic heterocycles. The van der Waals surface area contributed by atoms with E-state index >= 15 is 0 Å². The van der Waals surface area contributed by atoms with E-state index in [1.807, 2.05) is 37.5 Å². The van der Waals surface area contributed by atoms with Gasteiger partial charge in [-0.2, -0.15) is 0 Å². The van der Waals surface area contributed by atoms with Gasteiger partial charge in [0.25, 0.3) is 0 Å². The molecule has 29 heavy (non-hydrogen) atoms. The summed E-state index contributed by atoms with van der Waals surface area (Å²) in [5, 5.41) is 19.8. The summed E-state index contributed by atoms with van der Waals surface area (Å²) in [5.41, 5.74) is 3.81. The highest BCUT2D eigenvalue weighted by Crippen LogP contribution is 2.27. The number of aromatic nitrogens is 5. The van der Waals surface area contributed by atoms with Crippen molar-refractivity contribution in [2.45, 2.75) is 38.6 Å². The first kappa shape index (κ1) is 21.0. The van der Waals surface area contributed by atoms with Crippen LogP contribution >= 0.6 is 23.1 Å². The number of hydrogen-bond donors (Lipinski definition) is 1. The number of carbonyl (C=O) groups is 1. The van der Waals surface area contributed by atoms with Gasteiger partial charge in [-0.3, -0.25) is 14.7 Å². The molecule has 1 atom stereocenters. The summed E-state index contributed by atoms with van der Waals surface area (Å²) in [4.78, 5) is 12.1. The quantitative estimate of drug-likeness (QED) is 0.407. The molecule has 152 valence electrons. The van der Waals surface area contributed by atoms with Crippen LogP contribution in [0.5, 0.6) is 5.75 Å². The van der Waals surface area contributed by atoms with Gasteiger partial charge in [-0.05, 0) is 32.4 Å². The van der Waals surface area contributed by atoms with Crippen LogP contribution < -0.4 is 10.1 Å². The molecule has 2 aromatic heterocycles. The summed E-state index contributed by atoms with van der Waals surface area (Å²) in [6.45, 7) is 10.3. The second-order valence-electron chi connectivity index (χ2n) is 6.35. The number of aryl methyl sites for hydroxylation is 2. The largest absolute Gasteiger partial charge is 0.482 e. The first-order chi connectivity index (χ1) is 14.0. The minimum absolute atomic E-state index is 0.180. The predicted molar refractivity (Wildman–Crippen MR) is 114 cm³/mol. The molecule has 10 heteroatoms. The molecule has 0 spiro atoms. The molecule has 1 N–H and O–H groups in total. The highest BCUT2D eigenvalue weighted by Gasteiger charge is 2.20. The van der Waals surface area contributed by atoms with E-state index < -0.39 is 0 Å². The van der Waals surface area contributed by atoms with Crippen molar-refractivity contribution in [3.05, 3.63) is 53.3 Å². The van der Waals surface area contributed by atoms with Gasteiger partial charge in [-0.15, -0.1) is 27.0 Å². The number of amides is 1. The summed E-state index contributed by atoms with van der Waals surface area (Å²) in [7, 11) is 0. The van der Waals surface area contributed by atoms with Crippen LogP contribution in [0.3, 0.4) is 0 Å². The number of carbonyl (C=O) groups excluding carboxylic acids is 1. The second-order valence-corrected chi connectivity index (χ2v) is 8.13. The highest BCUT2D eigenvalue weighted by molar-refractivity contribution is 7.99. The molecule has 0 saturated carbocycles. The van der Waals surface area contributed by atoms with E-state index in [-0.39, 0.29) is 17.8 Å². The molecule has 0 fully saturated rings. The van der Waals surface area contributed by atoms with Crippen LogP contribution in [0.25, 0.3) is 0 Å². The number of benzene rings is 1. The van der Waals surface area contributed by atoms with Crippen LogP contribution in [0.15, 0.2) is 41.5 Å². The Kier molecular flexibility index (Phi) is 6.99. The van der Waals surface area contributed by atoms with E-state index in [2.05, 4.69) is 38.4 Å². The average molecular weight is 431 g/mol. The number of nitrogens with one attached hydrogen (secondary N) is 1. The first-order valence-electron chi connectivity index (χ1n) is 8.94. The number of anilines is 1. The van der Waals surface area contributed by atoms with Crippen LogP contribution in [-0.4, -0.2) is 36.6 Å². The molecule has 1 unspecified atom stereocenters. The van der Waals surface area contributed by atoms with E-state index in [0.717, 1.165) is 11.3 Å². The van der Waals surface area contributed by atoms with Crippen molar-refractivity contribution < 1.29 is 9.53 Å². The maximum atomic E-state index is 12.1. The zero-order valence-electron chi connectivity index (χ0n) is 16.5. The molecular formula is C19H22N6O2S2. The smallest absolute Gasteiger partial charge is 0.236 e. The van der Waals surface area contributed by atoms with Gasteiger partial charge >= 0.3 is 0 Å². The zero-order valence-corrected chi connectivity index (χ0v) is 18.1. The van der Waals surface area contributed by atoms with Gasteiger partial charge in [0.1, 0.15) is 11.3 Å². The second kappa shape index (κ2) is 9.66. The average Bonchev–Trinajstić information content (AvgIpc) is 3.32. The normalized spacial score (nSPS) is 11.8. The molecular weight excluding hydrogens is 408 g/mol. The molecule has 3 rings (SSSR count). The summed E-state index contributed by atoms with van der Waals surface area (Å²) >= 11 is 2.57. The van der Waals surface area contributed by atoms with Crippen LogP contribution in [0.1, 0.15) is 30.0 Å². The standard InChI is InChI=1S/C19H22N6O2S2/c1-5-8-25-17(14(4)27-15-7-6-12(2)9-13(15)3)22-24-19(25)28-10-16(26)21-18-23-20-11-29-18/h5-7,9,11,14H,1,8,10H2,2-4H3,(H,21,23,26). The van der Waals surface area contributed by atoms with Crippen molar-refractivity contribution in [3.8, 4) is 5.75 Å². The summed E-state index contributed by atoms with van der Waals surface area (Å²) in [5.74, 6) is 1.49. The summed E-state index contributed by atoms with van der Waals surface area (Å²) < 4.78 is 8.03. The lowest BCUT2D eigenvalue weighted by Gasteiger charge is -2.17. The lowest BCUT2D eigenvalue weighted by Crippen LogP contribution is -2.15. The van der Waals surface area contributed by atoms with Gasteiger partial charge in [0.15, 0.2) is 17.1 Å². The molecule has 2 heterocycles. The van der Waals surface area contributed by atoms with E-state index in [0.29, 0.717) is 22.7 Å². The van der Waals surface area contributed by atoms with Crippen LogP contribution in [0, 0.1) is 13.8 Å². The minimum Gasteiger partial charge on any atom is -0.482 e. The zero-order chi connectivity index (χ0) is 20.8. The van der Waals surface area contributed by atoms with Gasteiger partial charge in [0.05, 0.1) is 5.75 Å². The topological polar surface area (TPSA) is 94.8 Å². The van der Waals surface area contributed by atoms with Gasteiger partial charge in [0.2, 0.25) is 11.0 Å². The van der Waals surface area contributed by atoms with E-state index in [1.165, 1.54) is 28.7 Å². The molecule has 1 aromatic carbocycles. The van der Waals surface area contributed by atoms with Crippen molar-refractivity contribution in [3.63, 3.8) is 0 Å². The molecule has 1 amide bonds. The Hall–Kier alpha value is -2.72. The Balaban J connectivity index is 1.70. The number of hydrogen-bond acceptors (Lipinski definition) is 8. The molecule has 0 bridgehead atoms. The molecule has 3 aromatic rings. The predicted octanol–water partition coefficient (Wildman–Crippen LogP) is 3.80. The van der Waals surface area contributed by atoms with Gasteiger partial charge in [0, 0.05) is 6.54 Å². The Morgan fingerprint density at radius 3 is 2.90 bits per heavy atom. The third-order valence-electron chi connectivity index (χ3n) is 3.99. The molecule has 0 saturated heterocycles. The Bertz CT molecular complexity index is 987. The summed E-state index contributed by atoms with van der Waals surface area (Å²) in [6.07, 6.45) is 1.45. The number of allylic oxidation sites excluding steroid dienone is 1. The van der Waals surface area contributed by atoms with Crippen LogP contribution in [0.2, 0.25) is 0 Å². The maximum Gasteiger partial charge on any atom is 0.236 e. The van der Waals surface area contributed by atoms with Crippen molar-refractivity contribution in [2.75, 3.05) is 11.1 Å². The third-order valence-corrected chi connectivity index (χ3v) is 5.57. The highest BCUT2D eigenvalue weighted by atomic mass is 32.2. The number of thioether (sulfide) groups is 1. The van der Waals surface area contributed by atoms with Crippen molar-refractivity contribution in [2.24, 2.45) is 0 Å². The SMILES string of the molecule is C=CCn1c(SCC(=O)Nc2nncs2)nnc1C(C)Oc1ccc(C)cc1C. The Morgan fingerprint density at radius 2 is 2.21 bits per heavy atom. The number of rotatable bonds is 9. The fourth-order valence-electron chi connectivity index (χ4n) is 2.70. The lowest BCUT2D eigenvalue weighted by molar-refractivity contribution is -0.113. The third kappa shape index (κ3) is 5.42. The number of nitrogens with zero attached hydrogens (tertiary/aromatic N) is 5. The van der Waals surface area contributed by atoms with Crippen molar-refractivity contribution >= 4 is 34.1 Å². The Labute approximate surface area is 177 Å². The molecule has 0 aliphatic rings. The van der Waals surface area contributed by atoms with E-state index in [1.54, 1.807) is 11.6 Å². The Morgan fingerprint density at radius 1 is 1.38 bits per heavy atom. The van der Waals surface area contributed by atoms with Crippen LogP contribution in [0.4, 0.5) is 5.13 Å². The summed E-state index contributed by atoms with van der Waals surface area (Å²) in [6, 6.07) is 6.05. The monoisotopic (exact) mass is 430 g/mol. The van der Waals surface area contributed by atoms with E-state index in [9.17, 15) is 4.79 Å². The molecule has 0 radical (unpaired) electrons. The first-order valence-corrected chi connectivity index (χ1v) is 10.8. The van der Waals surface area contributed by atoms with Gasteiger partial charge in [-0.25, -0.2) is 0 Å². The van der Waals surface area contributed by atoms with Gasteiger partial charge in [-0.1, -0.05) is 46.9 Å².